The maximum Gasteiger partial charge on any atom is 0.115 e. The lowest BCUT2D eigenvalue weighted by Crippen LogP contribution is -2.41. The lowest BCUT2D eigenvalue weighted by atomic mass is 9.72. The highest BCUT2D eigenvalue weighted by atomic mass is 16.3. The van der Waals surface area contributed by atoms with E-state index in [1.54, 1.807) is 12.1 Å². The number of hydrogen-bond donors (Lipinski definition) is 2. The minimum absolute atomic E-state index is 0.248. The van der Waals surface area contributed by atoms with Gasteiger partial charge in [0.05, 0.1) is 6.10 Å². The average molecular weight is 268 g/mol. The number of aromatic hydroxyl groups is 1. The second kappa shape index (κ2) is 4.10. The van der Waals surface area contributed by atoms with E-state index in [4.69, 9.17) is 0 Å². The van der Waals surface area contributed by atoms with Crippen molar-refractivity contribution in [2.24, 2.45) is 0 Å². The summed E-state index contributed by atoms with van der Waals surface area (Å²) in [5.41, 5.74) is 2.66. The average Bonchev–Trinajstić information content (AvgIpc) is 2.60. The van der Waals surface area contributed by atoms with Gasteiger partial charge in [0.25, 0.3) is 0 Å². The Morgan fingerprint density at radius 1 is 0.850 bits per heavy atom. The molecule has 0 fully saturated rings. The van der Waals surface area contributed by atoms with Gasteiger partial charge in [-0.05, 0) is 35.7 Å². The monoisotopic (exact) mass is 268 g/mol. The third kappa shape index (κ3) is 1.55. The van der Waals surface area contributed by atoms with Crippen LogP contribution in [0.15, 0.2) is 48.5 Å². The molecule has 2 unspecified atom stereocenters. The summed E-state index contributed by atoms with van der Waals surface area (Å²) in [6.07, 6.45) is -0.503. The zero-order valence-electron chi connectivity index (χ0n) is 12.1. The summed E-state index contributed by atoms with van der Waals surface area (Å²) in [4.78, 5) is 0. The van der Waals surface area contributed by atoms with Crippen LogP contribution >= 0.6 is 0 Å². The molecule has 20 heavy (non-hydrogen) atoms. The van der Waals surface area contributed by atoms with Gasteiger partial charge in [-0.2, -0.15) is 0 Å². The molecule has 1 aliphatic rings. The van der Waals surface area contributed by atoms with E-state index in [2.05, 4.69) is 32.9 Å². The molecule has 0 radical (unpaired) electrons. The van der Waals surface area contributed by atoms with Gasteiger partial charge in [-0.1, -0.05) is 50.2 Å². The molecule has 0 aliphatic heterocycles. The number of hydrogen-bond acceptors (Lipinski definition) is 2. The molecular weight excluding hydrogens is 248 g/mol. The molecule has 2 aromatic rings. The number of aliphatic hydroxyl groups excluding tert-OH is 1. The van der Waals surface area contributed by atoms with Crippen LogP contribution in [-0.2, 0) is 10.8 Å². The van der Waals surface area contributed by atoms with Crippen LogP contribution in [0.3, 0.4) is 0 Å². The standard InChI is InChI=1S/C18H20O2/c1-17(2)14-6-4-5-7-15(14)18(3,16(17)20)12-8-10-13(19)11-9-12/h4-11,16,19-20H,1-3H3. The van der Waals surface area contributed by atoms with Crippen LogP contribution in [0, 0.1) is 0 Å². The molecule has 0 aromatic heterocycles. The van der Waals surface area contributed by atoms with Crippen LogP contribution in [-0.4, -0.2) is 16.3 Å². The Balaban J connectivity index is 2.25. The van der Waals surface area contributed by atoms with E-state index in [0.29, 0.717) is 0 Å². The summed E-state index contributed by atoms with van der Waals surface area (Å²) in [6, 6.07) is 15.4. The zero-order valence-corrected chi connectivity index (χ0v) is 12.1. The van der Waals surface area contributed by atoms with Crippen LogP contribution in [0.4, 0.5) is 0 Å². The number of benzene rings is 2. The van der Waals surface area contributed by atoms with Gasteiger partial charge in [-0.25, -0.2) is 0 Å². The molecule has 2 heteroatoms. The quantitative estimate of drug-likeness (QED) is 0.832. The maximum atomic E-state index is 11.0. The molecule has 0 bridgehead atoms. The van der Waals surface area contributed by atoms with Gasteiger partial charge in [0.1, 0.15) is 5.75 Å². The Bertz CT molecular complexity index is 643. The fourth-order valence-electron chi connectivity index (χ4n) is 3.64. The minimum Gasteiger partial charge on any atom is -0.508 e. The van der Waals surface area contributed by atoms with Crippen molar-refractivity contribution in [3.8, 4) is 5.75 Å². The van der Waals surface area contributed by atoms with E-state index in [0.717, 1.165) is 5.56 Å². The molecule has 1 aliphatic carbocycles. The van der Waals surface area contributed by atoms with Crippen molar-refractivity contribution in [1.82, 2.24) is 0 Å². The highest BCUT2D eigenvalue weighted by molar-refractivity contribution is 5.54. The predicted octanol–water partition coefficient (Wildman–Crippen LogP) is 3.35. The van der Waals surface area contributed by atoms with Crippen molar-refractivity contribution < 1.29 is 10.2 Å². The van der Waals surface area contributed by atoms with Crippen molar-refractivity contribution in [2.45, 2.75) is 37.7 Å². The van der Waals surface area contributed by atoms with Gasteiger partial charge in [-0.3, -0.25) is 0 Å². The van der Waals surface area contributed by atoms with E-state index in [1.165, 1.54) is 11.1 Å². The summed E-state index contributed by atoms with van der Waals surface area (Å²) in [5, 5.41) is 20.4. The molecule has 2 N–H and O–H groups in total. The van der Waals surface area contributed by atoms with E-state index >= 15 is 0 Å². The summed E-state index contributed by atoms with van der Waals surface area (Å²) in [7, 11) is 0. The number of aliphatic hydroxyl groups is 1. The van der Waals surface area contributed by atoms with Crippen LogP contribution in [0.2, 0.25) is 0 Å². The number of phenolic OH excluding ortho intramolecular Hbond substituents is 1. The third-order valence-corrected chi connectivity index (χ3v) is 4.88. The highest BCUT2D eigenvalue weighted by Crippen LogP contribution is 2.52. The smallest absolute Gasteiger partial charge is 0.115 e. The summed E-state index contributed by atoms with van der Waals surface area (Å²) in [5.74, 6) is 0.248. The fourth-order valence-corrected chi connectivity index (χ4v) is 3.64. The molecule has 104 valence electrons. The van der Waals surface area contributed by atoms with Crippen molar-refractivity contribution in [2.75, 3.05) is 0 Å². The highest BCUT2D eigenvalue weighted by Gasteiger charge is 2.53. The first-order valence-corrected chi connectivity index (χ1v) is 6.96. The van der Waals surface area contributed by atoms with Gasteiger partial charge >= 0.3 is 0 Å². The first-order valence-electron chi connectivity index (χ1n) is 6.96. The molecule has 3 rings (SSSR count). The molecule has 0 amide bonds. The Kier molecular flexibility index (Phi) is 2.70. The van der Waals surface area contributed by atoms with E-state index in [1.807, 2.05) is 24.3 Å². The molecule has 2 aromatic carbocycles. The van der Waals surface area contributed by atoms with Crippen molar-refractivity contribution in [1.29, 1.82) is 0 Å². The lowest BCUT2D eigenvalue weighted by molar-refractivity contribution is 0.0653. The SMILES string of the molecule is CC1(C)c2ccccc2C(C)(c2ccc(O)cc2)C1O. The molecule has 2 atom stereocenters. The van der Waals surface area contributed by atoms with E-state index in [9.17, 15) is 10.2 Å². The van der Waals surface area contributed by atoms with Gasteiger partial charge in [0.15, 0.2) is 0 Å². The fraction of sp³-hybridized carbons (Fsp3) is 0.333. The number of fused-ring (bicyclic) bond motifs is 1. The van der Waals surface area contributed by atoms with Crippen LogP contribution < -0.4 is 0 Å². The van der Waals surface area contributed by atoms with E-state index in [-0.39, 0.29) is 11.2 Å². The Labute approximate surface area is 119 Å². The van der Waals surface area contributed by atoms with Crippen LogP contribution in [0.25, 0.3) is 0 Å². The Morgan fingerprint density at radius 3 is 2.00 bits per heavy atom. The molecule has 2 nitrogen and oxygen atoms in total. The molecular formula is C18H20O2. The third-order valence-electron chi connectivity index (χ3n) is 4.88. The zero-order chi connectivity index (χ0) is 14.5. The lowest BCUT2D eigenvalue weighted by Gasteiger charge is -2.35. The van der Waals surface area contributed by atoms with Gasteiger partial charge in [0.2, 0.25) is 0 Å². The summed E-state index contributed by atoms with van der Waals surface area (Å²) < 4.78 is 0. The van der Waals surface area contributed by atoms with E-state index < -0.39 is 11.5 Å². The maximum absolute atomic E-state index is 11.0. The largest absolute Gasteiger partial charge is 0.508 e. The number of rotatable bonds is 1. The van der Waals surface area contributed by atoms with Crippen LogP contribution in [0.5, 0.6) is 5.75 Å². The second-order valence-electron chi connectivity index (χ2n) is 6.42. The van der Waals surface area contributed by atoms with Crippen molar-refractivity contribution in [3.05, 3.63) is 65.2 Å². The van der Waals surface area contributed by atoms with Gasteiger partial charge < -0.3 is 10.2 Å². The summed E-state index contributed by atoms with van der Waals surface area (Å²) in [6.45, 7) is 6.25. The number of phenols is 1. The topological polar surface area (TPSA) is 40.5 Å². The first kappa shape index (κ1) is 13.2. The van der Waals surface area contributed by atoms with Gasteiger partial charge in [-0.15, -0.1) is 0 Å². The van der Waals surface area contributed by atoms with Gasteiger partial charge in [0, 0.05) is 10.8 Å². The first-order chi connectivity index (χ1) is 9.38. The summed E-state index contributed by atoms with van der Waals surface area (Å²) >= 11 is 0. The molecule has 0 heterocycles. The normalized spacial score (nSPS) is 27.3. The second-order valence-corrected chi connectivity index (χ2v) is 6.42. The molecule has 0 saturated carbocycles. The Morgan fingerprint density at radius 2 is 1.40 bits per heavy atom. The van der Waals surface area contributed by atoms with Crippen molar-refractivity contribution >= 4 is 0 Å². The van der Waals surface area contributed by atoms with Crippen molar-refractivity contribution in [3.63, 3.8) is 0 Å². The van der Waals surface area contributed by atoms with Crippen LogP contribution in [0.1, 0.15) is 37.5 Å². The molecule has 0 spiro atoms. The Hall–Kier alpha value is -1.80. The predicted molar refractivity (Wildman–Crippen MR) is 80.0 cm³/mol. The molecule has 0 saturated heterocycles. The minimum atomic E-state index is -0.503.